The van der Waals surface area contributed by atoms with Crippen molar-refractivity contribution in [2.45, 2.75) is 32.1 Å². The van der Waals surface area contributed by atoms with Gasteiger partial charge in [0.2, 0.25) is 0 Å². The Kier molecular flexibility index (Phi) is 8.09. The third-order valence-electron chi connectivity index (χ3n) is 4.43. The number of rotatable bonds is 7. The summed E-state index contributed by atoms with van der Waals surface area (Å²) >= 11 is 1.80. The molecule has 0 spiro atoms. The second kappa shape index (κ2) is 10.1. The monoisotopic (exact) mass is 497 g/mol. The number of H-pyrrole nitrogens is 1. The van der Waals surface area contributed by atoms with Gasteiger partial charge in [-0.3, -0.25) is 4.99 Å². The van der Waals surface area contributed by atoms with Crippen LogP contribution in [0.15, 0.2) is 46.8 Å². The summed E-state index contributed by atoms with van der Waals surface area (Å²) in [4.78, 5) is 13.7. The summed E-state index contributed by atoms with van der Waals surface area (Å²) in [6.45, 7) is 6.20. The lowest BCUT2D eigenvalue weighted by molar-refractivity contribution is 0.518. The number of para-hydroxylation sites is 2. The maximum atomic E-state index is 4.62. The van der Waals surface area contributed by atoms with Gasteiger partial charge in [-0.15, -0.1) is 35.3 Å². The van der Waals surface area contributed by atoms with Gasteiger partial charge in [-0.05, 0) is 30.0 Å². The molecule has 0 saturated heterocycles. The summed E-state index contributed by atoms with van der Waals surface area (Å²) in [6, 6.07) is 12.4. The van der Waals surface area contributed by atoms with Crippen LogP contribution >= 0.6 is 35.3 Å². The fourth-order valence-corrected chi connectivity index (χ4v) is 3.71. The number of thiophene rings is 1. The number of aryl methyl sites for hydroxylation is 1. The topological polar surface area (TPSA) is 65.1 Å². The number of aliphatic imine (C=N–C) groups is 1. The molecule has 0 aliphatic heterocycles. The number of imidazole rings is 1. The standard InChI is InChI=1S/C20H27N5S.HI/c1-20(2,17-10-7-13-26-17)14-23-19(21-3)22-12-6-11-18-24-15-8-4-5-9-16(15)25-18;/h4-5,7-10,13H,6,11-12,14H2,1-3H3,(H,24,25)(H2,21,22,23);1H. The zero-order chi connectivity index (χ0) is 18.4. The Morgan fingerprint density at radius 3 is 2.70 bits per heavy atom. The predicted octanol–water partition coefficient (Wildman–Crippen LogP) is 4.32. The van der Waals surface area contributed by atoms with Crippen LogP contribution in [0.3, 0.4) is 0 Å². The van der Waals surface area contributed by atoms with Crippen LogP contribution in [0, 0.1) is 0 Å². The molecule has 0 aliphatic rings. The molecular weight excluding hydrogens is 469 g/mol. The summed E-state index contributed by atoms with van der Waals surface area (Å²) in [7, 11) is 1.81. The Labute approximate surface area is 182 Å². The van der Waals surface area contributed by atoms with E-state index in [4.69, 9.17) is 0 Å². The Morgan fingerprint density at radius 2 is 2.00 bits per heavy atom. The van der Waals surface area contributed by atoms with Crippen LogP contribution in [0.25, 0.3) is 11.0 Å². The highest BCUT2D eigenvalue weighted by molar-refractivity contribution is 14.0. The summed E-state index contributed by atoms with van der Waals surface area (Å²) in [5.74, 6) is 1.88. The number of benzene rings is 1. The summed E-state index contributed by atoms with van der Waals surface area (Å²) in [5.41, 5.74) is 2.22. The SMILES string of the molecule is CN=C(NCCCc1nc2ccccc2[nH]1)NCC(C)(C)c1cccs1.I. The number of hydrogen-bond acceptors (Lipinski definition) is 3. The molecule has 0 atom stereocenters. The highest BCUT2D eigenvalue weighted by Gasteiger charge is 2.21. The average Bonchev–Trinajstić information content (AvgIpc) is 3.30. The van der Waals surface area contributed by atoms with Crippen LogP contribution in [0.4, 0.5) is 0 Å². The first-order valence-corrected chi connectivity index (χ1v) is 9.88. The Morgan fingerprint density at radius 1 is 1.19 bits per heavy atom. The van der Waals surface area contributed by atoms with Crippen molar-refractivity contribution < 1.29 is 0 Å². The van der Waals surface area contributed by atoms with E-state index in [-0.39, 0.29) is 29.4 Å². The maximum absolute atomic E-state index is 4.62. The van der Waals surface area contributed by atoms with Gasteiger partial charge >= 0.3 is 0 Å². The lowest BCUT2D eigenvalue weighted by Gasteiger charge is -2.25. The number of guanidine groups is 1. The van der Waals surface area contributed by atoms with Crippen molar-refractivity contribution in [3.8, 4) is 0 Å². The van der Waals surface area contributed by atoms with E-state index in [0.717, 1.165) is 48.7 Å². The van der Waals surface area contributed by atoms with Crippen LogP contribution in [0.5, 0.6) is 0 Å². The van der Waals surface area contributed by atoms with Gasteiger partial charge in [0.25, 0.3) is 0 Å². The number of hydrogen-bond donors (Lipinski definition) is 3. The predicted molar refractivity (Wildman–Crippen MR) is 127 cm³/mol. The zero-order valence-electron chi connectivity index (χ0n) is 16.1. The van der Waals surface area contributed by atoms with E-state index in [1.54, 1.807) is 11.3 Å². The summed E-state index contributed by atoms with van der Waals surface area (Å²) < 4.78 is 0. The maximum Gasteiger partial charge on any atom is 0.191 e. The van der Waals surface area contributed by atoms with E-state index in [1.807, 2.05) is 25.2 Å². The number of fused-ring (bicyclic) bond motifs is 1. The highest BCUT2D eigenvalue weighted by atomic mass is 127. The lowest BCUT2D eigenvalue weighted by Crippen LogP contribution is -2.43. The highest BCUT2D eigenvalue weighted by Crippen LogP contribution is 2.26. The van der Waals surface area contributed by atoms with Gasteiger partial charge in [0.05, 0.1) is 11.0 Å². The molecule has 3 N–H and O–H groups in total. The third-order valence-corrected chi connectivity index (χ3v) is 5.67. The largest absolute Gasteiger partial charge is 0.356 e. The fourth-order valence-electron chi connectivity index (χ4n) is 2.86. The van der Waals surface area contributed by atoms with Gasteiger partial charge in [-0.1, -0.05) is 32.0 Å². The molecule has 2 heterocycles. The van der Waals surface area contributed by atoms with Crippen LogP contribution in [-0.2, 0) is 11.8 Å². The van der Waals surface area contributed by atoms with Crippen LogP contribution in [0.2, 0.25) is 0 Å². The van der Waals surface area contributed by atoms with Gasteiger partial charge in [-0.25, -0.2) is 4.98 Å². The second-order valence-corrected chi connectivity index (χ2v) is 7.97. The minimum Gasteiger partial charge on any atom is -0.356 e. The van der Waals surface area contributed by atoms with Crippen molar-refractivity contribution in [2.75, 3.05) is 20.1 Å². The molecule has 5 nitrogen and oxygen atoms in total. The smallest absolute Gasteiger partial charge is 0.191 e. The van der Waals surface area contributed by atoms with Crippen LogP contribution in [-0.4, -0.2) is 36.1 Å². The molecule has 0 saturated carbocycles. The Balaban J connectivity index is 0.00000261. The van der Waals surface area contributed by atoms with E-state index in [0.29, 0.717) is 0 Å². The minimum absolute atomic E-state index is 0. The van der Waals surface area contributed by atoms with E-state index in [1.165, 1.54) is 4.88 Å². The molecule has 7 heteroatoms. The second-order valence-electron chi connectivity index (χ2n) is 7.02. The molecule has 0 bridgehead atoms. The third kappa shape index (κ3) is 5.93. The van der Waals surface area contributed by atoms with Crippen LogP contribution < -0.4 is 10.6 Å². The zero-order valence-corrected chi connectivity index (χ0v) is 19.2. The average molecular weight is 497 g/mol. The Bertz CT molecular complexity index is 821. The first-order valence-electron chi connectivity index (χ1n) is 9.00. The molecular formula is C20H28IN5S. The van der Waals surface area contributed by atoms with Crippen molar-refractivity contribution in [2.24, 2.45) is 4.99 Å². The van der Waals surface area contributed by atoms with Gasteiger partial charge in [0.1, 0.15) is 5.82 Å². The number of halogens is 1. The van der Waals surface area contributed by atoms with Crippen molar-refractivity contribution in [3.05, 3.63) is 52.5 Å². The molecule has 0 amide bonds. The lowest BCUT2D eigenvalue weighted by atomic mass is 9.91. The van der Waals surface area contributed by atoms with Crippen molar-refractivity contribution in [3.63, 3.8) is 0 Å². The molecule has 0 unspecified atom stereocenters. The first kappa shape index (κ1) is 21.7. The van der Waals surface area contributed by atoms with Gasteiger partial charge in [-0.2, -0.15) is 0 Å². The molecule has 0 aliphatic carbocycles. The quantitative estimate of drug-likeness (QED) is 0.197. The number of aromatic nitrogens is 2. The first-order chi connectivity index (χ1) is 12.6. The summed E-state index contributed by atoms with van der Waals surface area (Å²) in [5, 5.41) is 8.96. The van der Waals surface area contributed by atoms with E-state index in [2.05, 4.69) is 63.0 Å². The molecule has 1 aromatic carbocycles. The number of aromatic amines is 1. The molecule has 2 aromatic heterocycles. The molecule has 0 radical (unpaired) electrons. The van der Waals surface area contributed by atoms with Gasteiger partial charge < -0.3 is 15.6 Å². The van der Waals surface area contributed by atoms with Crippen molar-refractivity contribution in [1.82, 2.24) is 20.6 Å². The molecule has 146 valence electrons. The van der Waals surface area contributed by atoms with Gasteiger partial charge in [0, 0.05) is 36.9 Å². The van der Waals surface area contributed by atoms with Gasteiger partial charge in [0.15, 0.2) is 5.96 Å². The fraction of sp³-hybridized carbons (Fsp3) is 0.400. The normalized spacial score (nSPS) is 12.0. The van der Waals surface area contributed by atoms with Crippen LogP contribution in [0.1, 0.15) is 31.0 Å². The molecule has 3 rings (SSSR count). The van der Waals surface area contributed by atoms with E-state index >= 15 is 0 Å². The molecule has 0 fully saturated rings. The molecule has 27 heavy (non-hydrogen) atoms. The number of nitrogens with one attached hydrogen (secondary N) is 3. The molecule has 3 aromatic rings. The van der Waals surface area contributed by atoms with E-state index in [9.17, 15) is 0 Å². The summed E-state index contributed by atoms with van der Waals surface area (Å²) in [6.07, 6.45) is 1.91. The minimum atomic E-state index is 0. The van der Waals surface area contributed by atoms with Crippen molar-refractivity contribution >= 4 is 52.3 Å². The van der Waals surface area contributed by atoms with Crippen molar-refractivity contribution in [1.29, 1.82) is 0 Å². The van der Waals surface area contributed by atoms with E-state index < -0.39 is 0 Å². The Hall–Kier alpha value is -1.61. The number of nitrogens with zero attached hydrogens (tertiary/aromatic N) is 2.